The first-order valence-corrected chi connectivity index (χ1v) is 8.33. The van der Waals surface area contributed by atoms with Crippen molar-refractivity contribution >= 4 is 15.8 Å². The predicted molar refractivity (Wildman–Crippen MR) is 77.6 cm³/mol. The number of sulfonamides is 1. The highest BCUT2D eigenvalue weighted by Gasteiger charge is 2.23. The van der Waals surface area contributed by atoms with Gasteiger partial charge >= 0.3 is 0 Å². The number of rotatable bonds is 5. The van der Waals surface area contributed by atoms with Crippen LogP contribution in [0.2, 0.25) is 0 Å². The lowest BCUT2D eigenvalue weighted by Gasteiger charge is -2.28. The Hall–Kier alpha value is -1.12. The van der Waals surface area contributed by atoms with Crippen LogP contribution in [0, 0.1) is 5.92 Å². The minimum Gasteiger partial charge on any atom is -0.381 e. The average molecular weight is 301 g/mol. The van der Waals surface area contributed by atoms with Crippen molar-refractivity contribution in [1.82, 2.24) is 19.2 Å². The molecule has 0 unspecified atom stereocenters. The van der Waals surface area contributed by atoms with Crippen LogP contribution in [0.5, 0.6) is 0 Å². The van der Waals surface area contributed by atoms with Crippen molar-refractivity contribution in [3.8, 4) is 0 Å². The molecule has 0 aliphatic carbocycles. The number of anilines is 1. The molecule has 8 heteroatoms. The summed E-state index contributed by atoms with van der Waals surface area (Å²) >= 11 is 0. The molecule has 0 spiro atoms. The highest BCUT2D eigenvalue weighted by Crippen LogP contribution is 2.20. The first kappa shape index (κ1) is 15.3. The Morgan fingerprint density at radius 1 is 1.40 bits per heavy atom. The van der Waals surface area contributed by atoms with Gasteiger partial charge in [0.1, 0.15) is 0 Å². The van der Waals surface area contributed by atoms with Gasteiger partial charge in [0.2, 0.25) is 0 Å². The zero-order valence-corrected chi connectivity index (χ0v) is 12.9. The molecule has 1 aromatic rings. The first-order valence-electron chi connectivity index (χ1n) is 6.85. The number of aromatic nitrogens is 2. The third-order valence-corrected chi connectivity index (χ3v) is 5.44. The summed E-state index contributed by atoms with van der Waals surface area (Å²) in [4.78, 5) is 6.11. The number of hydrogen-bond acceptors (Lipinski definition) is 5. The van der Waals surface area contributed by atoms with E-state index < -0.39 is 10.0 Å². The van der Waals surface area contributed by atoms with Gasteiger partial charge in [-0.1, -0.05) is 0 Å². The van der Waals surface area contributed by atoms with E-state index in [4.69, 9.17) is 5.73 Å². The van der Waals surface area contributed by atoms with Crippen LogP contribution < -0.4 is 10.5 Å². The Balaban J connectivity index is 1.87. The molecule has 2 heterocycles. The van der Waals surface area contributed by atoms with E-state index in [1.165, 1.54) is 10.9 Å². The lowest BCUT2D eigenvalue weighted by molar-refractivity contribution is 0.213. The maximum Gasteiger partial charge on any atom is 0.260 e. The maximum atomic E-state index is 12.2. The number of nitrogens with one attached hydrogen (secondary N) is 1. The number of nitrogen functional groups attached to an aromatic ring is 1. The summed E-state index contributed by atoms with van der Waals surface area (Å²) in [6, 6.07) is 0. The molecule has 0 aromatic carbocycles. The van der Waals surface area contributed by atoms with Gasteiger partial charge in [0.15, 0.2) is 10.8 Å². The normalized spacial score (nSPS) is 18.5. The Morgan fingerprint density at radius 2 is 2.05 bits per heavy atom. The molecule has 0 bridgehead atoms. The number of nitrogens with zero attached hydrogens (tertiary/aromatic N) is 3. The summed E-state index contributed by atoms with van der Waals surface area (Å²) in [7, 11) is 0.160. The molecule has 1 fully saturated rings. The number of piperidine rings is 1. The van der Waals surface area contributed by atoms with E-state index in [1.54, 1.807) is 7.05 Å². The van der Waals surface area contributed by atoms with E-state index in [2.05, 4.69) is 21.7 Å². The van der Waals surface area contributed by atoms with Crippen LogP contribution >= 0.6 is 0 Å². The largest absolute Gasteiger partial charge is 0.381 e. The molecule has 1 aromatic heterocycles. The fourth-order valence-corrected chi connectivity index (χ4v) is 3.86. The predicted octanol–water partition coefficient (Wildman–Crippen LogP) is 0.0125. The SMILES string of the molecule is CN1CCC(CCNS(=O)(=O)c2c(N)ncn2C)CC1. The van der Waals surface area contributed by atoms with Gasteiger partial charge in [0.25, 0.3) is 10.0 Å². The van der Waals surface area contributed by atoms with Crippen molar-refractivity contribution in [2.24, 2.45) is 13.0 Å². The summed E-state index contributed by atoms with van der Waals surface area (Å²) in [6.45, 7) is 2.62. The van der Waals surface area contributed by atoms with Gasteiger partial charge in [-0.15, -0.1) is 0 Å². The lowest BCUT2D eigenvalue weighted by atomic mass is 9.94. The van der Waals surface area contributed by atoms with Crippen LogP contribution in [0.15, 0.2) is 11.4 Å². The Kier molecular flexibility index (Phi) is 4.66. The van der Waals surface area contributed by atoms with Crippen LogP contribution in [0.1, 0.15) is 19.3 Å². The zero-order valence-electron chi connectivity index (χ0n) is 12.0. The number of aryl methyl sites for hydroxylation is 1. The minimum absolute atomic E-state index is 0.0410. The van der Waals surface area contributed by atoms with E-state index in [1.807, 2.05) is 0 Å². The second-order valence-electron chi connectivity index (χ2n) is 5.48. The van der Waals surface area contributed by atoms with E-state index in [9.17, 15) is 8.42 Å². The highest BCUT2D eigenvalue weighted by molar-refractivity contribution is 7.89. The molecule has 114 valence electrons. The minimum atomic E-state index is -3.57. The van der Waals surface area contributed by atoms with Crippen LogP contribution in [-0.4, -0.2) is 49.6 Å². The lowest BCUT2D eigenvalue weighted by Crippen LogP contribution is -2.33. The summed E-state index contributed by atoms with van der Waals surface area (Å²) in [5.41, 5.74) is 5.60. The van der Waals surface area contributed by atoms with E-state index >= 15 is 0 Å². The van der Waals surface area contributed by atoms with Gasteiger partial charge in [-0.2, -0.15) is 0 Å². The third-order valence-electron chi connectivity index (χ3n) is 3.85. The smallest absolute Gasteiger partial charge is 0.260 e. The summed E-state index contributed by atoms with van der Waals surface area (Å²) in [5, 5.41) is 0.0425. The molecule has 20 heavy (non-hydrogen) atoms. The second kappa shape index (κ2) is 6.11. The fourth-order valence-electron chi connectivity index (χ4n) is 2.58. The number of nitrogens with two attached hydrogens (primary N) is 1. The third kappa shape index (κ3) is 3.50. The molecular formula is C12H23N5O2S. The molecule has 0 atom stereocenters. The van der Waals surface area contributed by atoms with E-state index in [-0.39, 0.29) is 10.8 Å². The van der Waals surface area contributed by atoms with E-state index in [0.29, 0.717) is 12.5 Å². The van der Waals surface area contributed by atoms with Gasteiger partial charge < -0.3 is 15.2 Å². The van der Waals surface area contributed by atoms with Crippen LogP contribution in [0.25, 0.3) is 0 Å². The summed E-state index contributed by atoms with van der Waals surface area (Å²) in [5.74, 6) is 0.636. The quantitative estimate of drug-likeness (QED) is 0.799. The number of likely N-dealkylation sites (tertiary alicyclic amines) is 1. The summed E-state index contributed by atoms with van der Waals surface area (Å²) < 4.78 is 28.4. The zero-order chi connectivity index (χ0) is 14.8. The van der Waals surface area contributed by atoms with Crippen molar-refractivity contribution in [3.05, 3.63) is 6.33 Å². The van der Waals surface area contributed by atoms with Gasteiger partial charge in [-0.05, 0) is 45.3 Å². The Labute approximate surface area is 120 Å². The Bertz CT molecular complexity index is 527. The topological polar surface area (TPSA) is 93.2 Å². The number of imidazole rings is 1. The molecular weight excluding hydrogens is 278 g/mol. The average Bonchev–Trinajstić information content (AvgIpc) is 2.72. The highest BCUT2D eigenvalue weighted by atomic mass is 32.2. The van der Waals surface area contributed by atoms with Gasteiger partial charge in [-0.25, -0.2) is 18.1 Å². The van der Waals surface area contributed by atoms with Crippen LogP contribution in [0.3, 0.4) is 0 Å². The monoisotopic (exact) mass is 301 g/mol. The molecule has 1 saturated heterocycles. The van der Waals surface area contributed by atoms with Gasteiger partial charge in [-0.3, -0.25) is 0 Å². The van der Waals surface area contributed by atoms with Crippen LogP contribution in [-0.2, 0) is 17.1 Å². The van der Waals surface area contributed by atoms with Crippen molar-refractivity contribution in [1.29, 1.82) is 0 Å². The van der Waals surface area contributed by atoms with Crippen molar-refractivity contribution in [2.45, 2.75) is 24.3 Å². The van der Waals surface area contributed by atoms with Gasteiger partial charge in [0, 0.05) is 13.6 Å². The second-order valence-corrected chi connectivity index (χ2v) is 7.16. The molecule has 3 N–H and O–H groups in total. The van der Waals surface area contributed by atoms with Crippen molar-refractivity contribution < 1.29 is 8.42 Å². The van der Waals surface area contributed by atoms with Crippen molar-refractivity contribution in [2.75, 3.05) is 32.4 Å². The number of hydrogen-bond donors (Lipinski definition) is 2. The molecule has 7 nitrogen and oxygen atoms in total. The molecule has 0 amide bonds. The van der Waals surface area contributed by atoms with Gasteiger partial charge in [0.05, 0.1) is 6.33 Å². The molecule has 0 saturated carbocycles. The van der Waals surface area contributed by atoms with Crippen LogP contribution in [0.4, 0.5) is 5.82 Å². The summed E-state index contributed by atoms with van der Waals surface area (Å²) in [6.07, 6.45) is 4.53. The molecule has 0 radical (unpaired) electrons. The molecule has 1 aliphatic rings. The Morgan fingerprint density at radius 3 is 2.60 bits per heavy atom. The maximum absolute atomic E-state index is 12.2. The first-order chi connectivity index (χ1) is 9.40. The fraction of sp³-hybridized carbons (Fsp3) is 0.750. The van der Waals surface area contributed by atoms with E-state index in [0.717, 1.165) is 32.4 Å². The van der Waals surface area contributed by atoms with Crippen molar-refractivity contribution in [3.63, 3.8) is 0 Å². The molecule has 2 rings (SSSR count). The molecule has 1 aliphatic heterocycles. The standard InChI is InChI=1S/C12H23N5O2S/c1-16-7-4-10(5-8-16)3-6-15-20(18,19)12-11(13)14-9-17(12)2/h9-10,15H,3-8,13H2,1-2H3.